The largest absolute Gasteiger partial charge is 0.388 e. The Morgan fingerprint density at radius 1 is 1.32 bits per heavy atom. The Morgan fingerprint density at radius 3 is 2.76 bits per heavy atom. The molecule has 1 spiro atoms. The molecule has 2 aliphatic heterocycles. The number of rotatable bonds is 5. The van der Waals surface area contributed by atoms with Crippen LogP contribution in [0, 0.1) is 0 Å². The molecule has 5 heteroatoms. The lowest BCUT2D eigenvalue weighted by atomic mass is 9.91. The van der Waals surface area contributed by atoms with E-state index in [9.17, 15) is 4.79 Å². The first-order valence-electron chi connectivity index (χ1n) is 9.44. The third kappa shape index (κ3) is 4.15. The molecule has 0 aliphatic carbocycles. The highest BCUT2D eigenvalue weighted by atomic mass is 16.5. The Balaban J connectivity index is 1.51. The number of nitrogens with zero attached hydrogens (tertiary/aromatic N) is 2. The molecule has 0 unspecified atom stereocenters. The van der Waals surface area contributed by atoms with E-state index in [0.29, 0.717) is 6.42 Å². The molecule has 2 fully saturated rings. The van der Waals surface area contributed by atoms with Crippen LogP contribution in [0.25, 0.3) is 0 Å². The molecule has 1 N–H and O–H groups in total. The number of para-hydroxylation sites is 1. The van der Waals surface area contributed by atoms with Gasteiger partial charge >= 0.3 is 0 Å². The maximum atomic E-state index is 12.7. The highest BCUT2D eigenvalue weighted by molar-refractivity contribution is 5.76. The average Bonchev–Trinajstić information content (AvgIpc) is 2.94. The van der Waals surface area contributed by atoms with Gasteiger partial charge in [0.15, 0.2) is 0 Å². The fraction of sp³-hybridized carbons (Fsp3) is 0.650. The zero-order chi connectivity index (χ0) is 17.9. The standard InChI is InChI=1S/C20H31N3O2/c1-16-23(15-20(25-16)11-13-22(3)14-12-20)19(24)10-6-8-17-7-4-5-9-18(17)21-2/h4-5,7,9,16,21H,6,8,10-15H2,1-3H3/t16-/m0/s1. The third-order valence-corrected chi connectivity index (χ3v) is 5.66. The van der Waals surface area contributed by atoms with Gasteiger partial charge in [-0.05, 0) is 51.3 Å². The molecular weight excluding hydrogens is 314 g/mol. The second-order valence-electron chi connectivity index (χ2n) is 7.49. The van der Waals surface area contributed by atoms with Crippen molar-refractivity contribution in [2.24, 2.45) is 0 Å². The number of piperidine rings is 1. The van der Waals surface area contributed by atoms with E-state index >= 15 is 0 Å². The minimum Gasteiger partial charge on any atom is -0.388 e. The summed E-state index contributed by atoms with van der Waals surface area (Å²) in [5.74, 6) is 0.227. The number of hydrogen-bond donors (Lipinski definition) is 1. The molecular formula is C20H31N3O2. The zero-order valence-corrected chi connectivity index (χ0v) is 15.8. The summed E-state index contributed by atoms with van der Waals surface area (Å²) in [6.07, 6.45) is 4.32. The van der Waals surface area contributed by atoms with Crippen molar-refractivity contribution >= 4 is 11.6 Å². The van der Waals surface area contributed by atoms with Gasteiger partial charge < -0.3 is 19.9 Å². The summed E-state index contributed by atoms with van der Waals surface area (Å²) < 4.78 is 6.24. The fourth-order valence-corrected chi connectivity index (χ4v) is 4.05. The molecule has 2 heterocycles. The van der Waals surface area contributed by atoms with Crippen LogP contribution in [0.1, 0.15) is 38.2 Å². The summed E-state index contributed by atoms with van der Waals surface area (Å²) in [5, 5.41) is 3.22. The number of amides is 1. The Hall–Kier alpha value is -1.59. The van der Waals surface area contributed by atoms with E-state index in [1.54, 1.807) is 0 Å². The predicted octanol–water partition coefficient (Wildman–Crippen LogP) is 2.72. The van der Waals surface area contributed by atoms with E-state index in [1.165, 1.54) is 5.56 Å². The number of hydrogen-bond acceptors (Lipinski definition) is 4. The van der Waals surface area contributed by atoms with Crippen LogP contribution in [0.2, 0.25) is 0 Å². The second-order valence-corrected chi connectivity index (χ2v) is 7.49. The maximum absolute atomic E-state index is 12.7. The maximum Gasteiger partial charge on any atom is 0.224 e. The molecule has 0 aromatic heterocycles. The Bertz CT molecular complexity index is 596. The molecule has 138 valence electrons. The van der Waals surface area contributed by atoms with Crippen molar-refractivity contribution < 1.29 is 9.53 Å². The number of likely N-dealkylation sites (tertiary alicyclic amines) is 1. The van der Waals surface area contributed by atoms with Gasteiger partial charge in [-0.15, -0.1) is 0 Å². The van der Waals surface area contributed by atoms with Gasteiger partial charge in [0, 0.05) is 32.2 Å². The van der Waals surface area contributed by atoms with E-state index in [2.05, 4.69) is 35.5 Å². The van der Waals surface area contributed by atoms with Gasteiger partial charge in [0.25, 0.3) is 0 Å². The summed E-state index contributed by atoms with van der Waals surface area (Å²) in [6.45, 7) is 4.88. The quantitative estimate of drug-likeness (QED) is 0.891. The molecule has 1 amide bonds. The Labute approximate surface area is 151 Å². The van der Waals surface area contributed by atoms with Crippen LogP contribution >= 0.6 is 0 Å². The van der Waals surface area contributed by atoms with Gasteiger partial charge in [0.05, 0.1) is 12.1 Å². The molecule has 1 atom stereocenters. The zero-order valence-electron chi connectivity index (χ0n) is 15.8. The van der Waals surface area contributed by atoms with Gasteiger partial charge in [-0.2, -0.15) is 0 Å². The molecule has 0 bridgehead atoms. The monoisotopic (exact) mass is 345 g/mol. The number of nitrogens with one attached hydrogen (secondary N) is 1. The van der Waals surface area contributed by atoms with Crippen molar-refractivity contribution in [1.29, 1.82) is 0 Å². The third-order valence-electron chi connectivity index (χ3n) is 5.66. The van der Waals surface area contributed by atoms with Crippen LogP contribution in [0.3, 0.4) is 0 Å². The van der Waals surface area contributed by atoms with E-state index in [4.69, 9.17) is 4.74 Å². The summed E-state index contributed by atoms with van der Waals surface area (Å²) in [5.41, 5.74) is 2.31. The normalized spacial score (nSPS) is 23.2. The molecule has 1 aromatic rings. The first-order chi connectivity index (χ1) is 12.0. The first kappa shape index (κ1) is 18.2. The fourth-order valence-electron chi connectivity index (χ4n) is 4.05. The number of aryl methyl sites for hydroxylation is 1. The molecule has 25 heavy (non-hydrogen) atoms. The van der Waals surface area contributed by atoms with Crippen LogP contribution < -0.4 is 5.32 Å². The topological polar surface area (TPSA) is 44.8 Å². The van der Waals surface area contributed by atoms with E-state index < -0.39 is 0 Å². The van der Waals surface area contributed by atoms with Crippen molar-refractivity contribution in [3.63, 3.8) is 0 Å². The Morgan fingerprint density at radius 2 is 2.04 bits per heavy atom. The van der Waals surface area contributed by atoms with Crippen molar-refractivity contribution in [3.8, 4) is 0 Å². The van der Waals surface area contributed by atoms with Gasteiger partial charge in [-0.25, -0.2) is 0 Å². The van der Waals surface area contributed by atoms with Crippen molar-refractivity contribution in [2.75, 3.05) is 39.0 Å². The van der Waals surface area contributed by atoms with Gasteiger partial charge in [0.1, 0.15) is 6.23 Å². The van der Waals surface area contributed by atoms with E-state index in [1.807, 2.05) is 24.9 Å². The molecule has 0 radical (unpaired) electrons. The lowest BCUT2D eigenvalue weighted by Crippen LogP contribution is -2.46. The van der Waals surface area contributed by atoms with Crippen LogP contribution in [0.4, 0.5) is 5.69 Å². The van der Waals surface area contributed by atoms with Crippen LogP contribution in [0.15, 0.2) is 24.3 Å². The van der Waals surface area contributed by atoms with Crippen molar-refractivity contribution in [3.05, 3.63) is 29.8 Å². The van der Waals surface area contributed by atoms with Gasteiger partial charge in [0.2, 0.25) is 5.91 Å². The van der Waals surface area contributed by atoms with E-state index in [-0.39, 0.29) is 17.7 Å². The van der Waals surface area contributed by atoms with Gasteiger partial charge in [-0.3, -0.25) is 4.79 Å². The lowest BCUT2D eigenvalue weighted by Gasteiger charge is -2.36. The van der Waals surface area contributed by atoms with E-state index in [0.717, 1.165) is 51.0 Å². The Kier molecular flexibility index (Phi) is 5.64. The van der Waals surface area contributed by atoms with Crippen molar-refractivity contribution in [1.82, 2.24) is 9.80 Å². The number of carbonyl (C=O) groups is 1. The lowest BCUT2D eigenvalue weighted by molar-refractivity contribution is -0.136. The number of carbonyl (C=O) groups excluding carboxylic acids is 1. The highest BCUT2D eigenvalue weighted by Crippen LogP contribution is 2.35. The SMILES string of the molecule is CNc1ccccc1CCCC(=O)N1CC2(CCN(C)CC2)O[C@H]1C. The number of benzene rings is 1. The van der Waals surface area contributed by atoms with Crippen LogP contribution in [0.5, 0.6) is 0 Å². The minimum absolute atomic E-state index is 0.0968. The second kappa shape index (κ2) is 7.75. The van der Waals surface area contributed by atoms with Crippen LogP contribution in [-0.2, 0) is 16.0 Å². The summed E-state index contributed by atoms with van der Waals surface area (Å²) in [4.78, 5) is 17.0. The molecule has 1 aromatic carbocycles. The predicted molar refractivity (Wildman–Crippen MR) is 101 cm³/mol. The summed E-state index contributed by atoms with van der Waals surface area (Å²) in [7, 11) is 4.09. The van der Waals surface area contributed by atoms with Crippen LogP contribution in [-0.4, -0.2) is 61.3 Å². The molecule has 0 saturated carbocycles. The van der Waals surface area contributed by atoms with Gasteiger partial charge in [-0.1, -0.05) is 18.2 Å². The smallest absolute Gasteiger partial charge is 0.224 e. The van der Waals surface area contributed by atoms with Crippen molar-refractivity contribution in [2.45, 2.75) is 50.9 Å². The molecule has 2 saturated heterocycles. The highest BCUT2D eigenvalue weighted by Gasteiger charge is 2.46. The molecule has 3 rings (SSSR count). The average molecular weight is 345 g/mol. The first-order valence-corrected chi connectivity index (χ1v) is 9.44. The molecule has 5 nitrogen and oxygen atoms in total. The minimum atomic E-state index is -0.111. The summed E-state index contributed by atoms with van der Waals surface area (Å²) >= 11 is 0. The molecule has 2 aliphatic rings. The number of ether oxygens (including phenoxy) is 1. The number of anilines is 1. The summed E-state index contributed by atoms with van der Waals surface area (Å²) in [6, 6.07) is 8.30.